The van der Waals surface area contributed by atoms with Crippen molar-refractivity contribution in [3.8, 4) is 11.1 Å². The largest absolute Gasteiger partial charge is 0.461 e. The van der Waals surface area contributed by atoms with Crippen LogP contribution in [0.1, 0.15) is 77.7 Å². The number of benzene rings is 2. The number of ether oxygens (including phenoxy) is 1. The lowest BCUT2D eigenvalue weighted by atomic mass is 9.79. The number of carbonyl (C=O) groups is 2. The van der Waals surface area contributed by atoms with Crippen LogP contribution in [0.5, 0.6) is 0 Å². The Morgan fingerprint density at radius 3 is 2.29 bits per heavy atom. The number of aromatic amines is 1. The van der Waals surface area contributed by atoms with E-state index in [1.807, 2.05) is 30.3 Å². The van der Waals surface area contributed by atoms with Crippen molar-refractivity contribution in [1.82, 2.24) is 4.98 Å². The fraction of sp³-hybridized carbons (Fsp3) is 0.333. The van der Waals surface area contributed by atoms with E-state index < -0.39 is 5.97 Å². The van der Waals surface area contributed by atoms with Crippen LogP contribution in [0.15, 0.2) is 54.6 Å². The molecule has 0 saturated heterocycles. The third kappa shape index (κ3) is 4.07. The van der Waals surface area contributed by atoms with Crippen LogP contribution in [0.25, 0.3) is 11.1 Å². The van der Waals surface area contributed by atoms with E-state index in [1.54, 1.807) is 6.92 Å². The van der Waals surface area contributed by atoms with E-state index in [0.717, 1.165) is 16.8 Å². The monoisotopic (exact) mass is 415 g/mol. The molecule has 0 saturated carbocycles. The van der Waals surface area contributed by atoms with Crippen LogP contribution in [0.4, 0.5) is 0 Å². The minimum Gasteiger partial charge on any atom is -0.461 e. The molecule has 0 fully saturated rings. The second-order valence-corrected chi connectivity index (χ2v) is 9.22. The highest BCUT2D eigenvalue weighted by Crippen LogP contribution is 2.40. The van der Waals surface area contributed by atoms with Crippen molar-refractivity contribution < 1.29 is 14.3 Å². The van der Waals surface area contributed by atoms with Gasteiger partial charge in [-0.05, 0) is 41.4 Å². The van der Waals surface area contributed by atoms with Gasteiger partial charge in [-0.2, -0.15) is 0 Å². The number of rotatable bonds is 4. The van der Waals surface area contributed by atoms with Crippen LogP contribution in [0, 0.1) is 0 Å². The van der Waals surface area contributed by atoms with E-state index in [4.69, 9.17) is 4.74 Å². The van der Waals surface area contributed by atoms with Gasteiger partial charge in [0.05, 0.1) is 6.61 Å². The summed E-state index contributed by atoms with van der Waals surface area (Å²) in [5, 5.41) is 0. The number of esters is 1. The van der Waals surface area contributed by atoms with Gasteiger partial charge in [-0.25, -0.2) is 4.79 Å². The Morgan fingerprint density at radius 1 is 1.00 bits per heavy atom. The smallest absolute Gasteiger partial charge is 0.355 e. The van der Waals surface area contributed by atoms with Crippen molar-refractivity contribution in [2.24, 2.45) is 0 Å². The summed E-state index contributed by atoms with van der Waals surface area (Å²) in [5.41, 5.74) is 5.86. The second-order valence-electron chi connectivity index (χ2n) is 9.22. The lowest BCUT2D eigenvalue weighted by Crippen LogP contribution is -2.19. The molecule has 0 amide bonds. The van der Waals surface area contributed by atoms with E-state index in [0.29, 0.717) is 29.7 Å². The number of hydrogen-bond donors (Lipinski definition) is 1. The van der Waals surface area contributed by atoms with Crippen molar-refractivity contribution in [3.05, 3.63) is 82.7 Å². The molecule has 4 rings (SSSR count). The predicted molar refractivity (Wildman–Crippen MR) is 123 cm³/mol. The molecule has 160 valence electrons. The molecule has 2 aromatic carbocycles. The van der Waals surface area contributed by atoms with Crippen LogP contribution in [0.2, 0.25) is 0 Å². The van der Waals surface area contributed by atoms with Crippen molar-refractivity contribution in [2.45, 2.75) is 51.9 Å². The number of H-pyrrole nitrogens is 1. The molecule has 1 heterocycles. The number of carbonyl (C=O) groups excluding carboxylic acids is 2. The third-order valence-corrected chi connectivity index (χ3v) is 6.03. The summed E-state index contributed by atoms with van der Waals surface area (Å²) < 4.78 is 5.28. The van der Waals surface area contributed by atoms with Crippen LogP contribution in [-0.2, 0) is 16.6 Å². The maximum atomic E-state index is 13.3. The molecule has 1 aliphatic carbocycles. The fourth-order valence-corrected chi connectivity index (χ4v) is 4.40. The van der Waals surface area contributed by atoms with Gasteiger partial charge >= 0.3 is 5.97 Å². The zero-order valence-corrected chi connectivity index (χ0v) is 18.6. The van der Waals surface area contributed by atoms with Gasteiger partial charge in [-0.3, -0.25) is 4.79 Å². The Labute approximate surface area is 183 Å². The zero-order valence-electron chi connectivity index (χ0n) is 18.6. The number of nitrogens with one attached hydrogen (secondary N) is 1. The molecule has 0 radical (unpaired) electrons. The van der Waals surface area contributed by atoms with Gasteiger partial charge in [0, 0.05) is 23.2 Å². The maximum Gasteiger partial charge on any atom is 0.355 e. The average molecular weight is 416 g/mol. The number of aromatic nitrogens is 1. The first kappa shape index (κ1) is 21.1. The summed E-state index contributed by atoms with van der Waals surface area (Å²) in [6, 6.07) is 18.2. The summed E-state index contributed by atoms with van der Waals surface area (Å²) in [5.74, 6) is -0.266. The first-order chi connectivity index (χ1) is 14.8. The highest BCUT2D eigenvalue weighted by atomic mass is 16.5. The minimum atomic E-state index is -0.422. The van der Waals surface area contributed by atoms with Gasteiger partial charge in [-0.15, -0.1) is 0 Å². The quantitative estimate of drug-likeness (QED) is 0.526. The topological polar surface area (TPSA) is 59.2 Å². The summed E-state index contributed by atoms with van der Waals surface area (Å²) in [6.45, 7) is 8.65. The molecule has 1 N–H and O–H groups in total. The van der Waals surface area contributed by atoms with Gasteiger partial charge in [0.15, 0.2) is 5.78 Å². The van der Waals surface area contributed by atoms with Crippen molar-refractivity contribution in [2.75, 3.05) is 6.61 Å². The van der Waals surface area contributed by atoms with E-state index in [1.165, 1.54) is 5.56 Å². The summed E-state index contributed by atoms with van der Waals surface area (Å²) >= 11 is 0. The van der Waals surface area contributed by atoms with Crippen LogP contribution < -0.4 is 0 Å². The molecular weight excluding hydrogens is 386 g/mol. The SMILES string of the molecule is CCOC(=O)c1[nH]c2c(c1-c1ccccc1)C(=O)CC(c1ccc(C(C)(C)C)cc1)C2. The molecule has 0 aliphatic heterocycles. The van der Waals surface area contributed by atoms with E-state index in [-0.39, 0.29) is 23.7 Å². The number of fused-ring (bicyclic) bond motifs is 1. The zero-order chi connectivity index (χ0) is 22.2. The molecule has 1 aliphatic rings. The number of ketones is 1. The normalized spacial score (nSPS) is 16.1. The van der Waals surface area contributed by atoms with Crippen LogP contribution in [-0.4, -0.2) is 23.3 Å². The van der Waals surface area contributed by atoms with Crippen molar-refractivity contribution >= 4 is 11.8 Å². The average Bonchev–Trinajstić information content (AvgIpc) is 3.14. The van der Waals surface area contributed by atoms with Gasteiger partial charge < -0.3 is 9.72 Å². The summed E-state index contributed by atoms with van der Waals surface area (Å²) in [7, 11) is 0. The van der Waals surface area contributed by atoms with E-state index in [2.05, 4.69) is 50.0 Å². The minimum absolute atomic E-state index is 0.0665. The van der Waals surface area contributed by atoms with Gasteiger partial charge in [0.2, 0.25) is 0 Å². The Morgan fingerprint density at radius 2 is 1.68 bits per heavy atom. The fourth-order valence-electron chi connectivity index (χ4n) is 4.40. The highest BCUT2D eigenvalue weighted by Gasteiger charge is 2.34. The lowest BCUT2D eigenvalue weighted by molar-refractivity contribution is 0.0521. The molecule has 4 heteroatoms. The molecule has 0 bridgehead atoms. The first-order valence-electron chi connectivity index (χ1n) is 10.9. The standard InChI is InChI=1S/C27H29NO3/c1-5-31-26(30)25-23(18-9-7-6-8-10-18)24-21(28-25)15-19(16-22(24)29)17-11-13-20(14-12-17)27(2,3)4/h6-14,19,28H,5,15-16H2,1-4H3. The number of hydrogen-bond acceptors (Lipinski definition) is 3. The number of Topliss-reactive ketones (excluding diaryl/α,β-unsaturated/α-hetero) is 1. The molecule has 1 unspecified atom stereocenters. The molecule has 1 atom stereocenters. The third-order valence-electron chi connectivity index (χ3n) is 6.03. The molecule has 0 spiro atoms. The highest BCUT2D eigenvalue weighted by molar-refractivity contribution is 6.10. The molecular formula is C27H29NO3. The maximum absolute atomic E-state index is 13.3. The summed E-state index contributed by atoms with van der Waals surface area (Å²) in [6.07, 6.45) is 1.12. The van der Waals surface area contributed by atoms with Crippen LogP contribution in [0.3, 0.4) is 0 Å². The van der Waals surface area contributed by atoms with Gasteiger partial charge in [-0.1, -0.05) is 75.4 Å². The Bertz CT molecular complexity index is 1100. The predicted octanol–water partition coefficient (Wildman–Crippen LogP) is 6.07. The van der Waals surface area contributed by atoms with E-state index in [9.17, 15) is 9.59 Å². The van der Waals surface area contributed by atoms with Crippen LogP contribution >= 0.6 is 0 Å². The lowest BCUT2D eigenvalue weighted by Gasteiger charge is -2.24. The Hall–Kier alpha value is -3.14. The first-order valence-corrected chi connectivity index (χ1v) is 10.9. The molecule has 3 aromatic rings. The van der Waals surface area contributed by atoms with Crippen molar-refractivity contribution in [1.29, 1.82) is 0 Å². The molecule has 31 heavy (non-hydrogen) atoms. The van der Waals surface area contributed by atoms with E-state index >= 15 is 0 Å². The Balaban J connectivity index is 1.74. The van der Waals surface area contributed by atoms with Gasteiger partial charge in [0.25, 0.3) is 0 Å². The molecule has 1 aromatic heterocycles. The van der Waals surface area contributed by atoms with Gasteiger partial charge in [0.1, 0.15) is 5.69 Å². The van der Waals surface area contributed by atoms with Crippen molar-refractivity contribution in [3.63, 3.8) is 0 Å². The second kappa shape index (κ2) is 8.18. The summed E-state index contributed by atoms with van der Waals surface area (Å²) in [4.78, 5) is 29.2. The Kier molecular flexibility index (Phi) is 5.57. The molecule has 4 nitrogen and oxygen atoms in total.